The fourth-order valence-corrected chi connectivity index (χ4v) is 2.20. The van der Waals surface area contributed by atoms with E-state index in [4.69, 9.17) is 4.74 Å². The monoisotopic (exact) mass is 336 g/mol. The lowest BCUT2D eigenvalue weighted by atomic mass is 10.2. The van der Waals surface area contributed by atoms with Gasteiger partial charge in [-0.15, -0.1) is 0 Å². The van der Waals surface area contributed by atoms with Crippen LogP contribution in [0.25, 0.3) is 0 Å². The Bertz CT molecular complexity index is 560. The van der Waals surface area contributed by atoms with E-state index in [0.717, 1.165) is 34.0 Å². The van der Waals surface area contributed by atoms with Gasteiger partial charge in [0.25, 0.3) is 0 Å². The molecule has 20 heavy (non-hydrogen) atoms. The molecule has 1 aromatic carbocycles. The molecule has 0 unspecified atom stereocenters. The van der Waals surface area contributed by atoms with Crippen LogP contribution in [0.5, 0.6) is 5.75 Å². The highest BCUT2D eigenvalue weighted by molar-refractivity contribution is 9.10. The number of anilines is 2. The third-order valence-electron chi connectivity index (χ3n) is 2.75. The SMILES string of the molecule is CCNc1ncnc(NCc2ccc(OC)cc2)c1Br. The first-order valence-electron chi connectivity index (χ1n) is 6.35. The van der Waals surface area contributed by atoms with Gasteiger partial charge in [-0.3, -0.25) is 0 Å². The normalized spacial score (nSPS) is 10.2. The van der Waals surface area contributed by atoms with Gasteiger partial charge in [-0.25, -0.2) is 9.97 Å². The highest BCUT2D eigenvalue weighted by atomic mass is 79.9. The van der Waals surface area contributed by atoms with Crippen LogP contribution in [-0.4, -0.2) is 23.6 Å². The lowest BCUT2D eigenvalue weighted by Gasteiger charge is -2.11. The van der Waals surface area contributed by atoms with Crippen molar-refractivity contribution in [2.75, 3.05) is 24.3 Å². The molecule has 0 aliphatic carbocycles. The van der Waals surface area contributed by atoms with Crippen molar-refractivity contribution in [3.63, 3.8) is 0 Å². The summed E-state index contributed by atoms with van der Waals surface area (Å²) in [6.07, 6.45) is 1.54. The van der Waals surface area contributed by atoms with E-state index in [1.165, 1.54) is 0 Å². The molecule has 0 fully saturated rings. The molecule has 106 valence electrons. The summed E-state index contributed by atoms with van der Waals surface area (Å²) in [6, 6.07) is 7.92. The minimum atomic E-state index is 0.686. The molecule has 0 saturated heterocycles. The maximum atomic E-state index is 5.14. The average Bonchev–Trinajstić information content (AvgIpc) is 2.49. The molecule has 0 aliphatic rings. The summed E-state index contributed by atoms with van der Waals surface area (Å²) in [5.41, 5.74) is 1.15. The number of methoxy groups -OCH3 is 1. The molecule has 1 heterocycles. The number of nitrogens with zero attached hydrogens (tertiary/aromatic N) is 2. The molecule has 0 saturated carbocycles. The second-order valence-corrected chi connectivity index (χ2v) is 4.91. The van der Waals surface area contributed by atoms with Gasteiger partial charge < -0.3 is 15.4 Å². The Morgan fingerprint density at radius 2 is 1.75 bits per heavy atom. The van der Waals surface area contributed by atoms with Crippen molar-refractivity contribution in [3.05, 3.63) is 40.6 Å². The number of ether oxygens (including phenoxy) is 1. The molecule has 1 aromatic heterocycles. The van der Waals surface area contributed by atoms with Crippen LogP contribution in [0, 0.1) is 0 Å². The number of halogens is 1. The van der Waals surface area contributed by atoms with Crippen LogP contribution in [0.15, 0.2) is 35.1 Å². The zero-order valence-electron chi connectivity index (χ0n) is 11.5. The second kappa shape index (κ2) is 7.09. The van der Waals surface area contributed by atoms with Crippen molar-refractivity contribution in [2.24, 2.45) is 0 Å². The predicted octanol–water partition coefficient (Wildman–Crippen LogP) is 3.29. The van der Waals surface area contributed by atoms with E-state index in [2.05, 4.69) is 36.5 Å². The van der Waals surface area contributed by atoms with Crippen LogP contribution in [0.2, 0.25) is 0 Å². The standard InChI is InChI=1S/C14H17BrN4O/c1-3-16-13-12(15)14(19-9-18-13)17-8-10-4-6-11(20-2)7-5-10/h4-7,9H,3,8H2,1-2H3,(H2,16,17,18,19). The molecule has 0 amide bonds. The second-order valence-electron chi connectivity index (χ2n) is 4.12. The highest BCUT2D eigenvalue weighted by Crippen LogP contribution is 2.26. The molecule has 0 radical (unpaired) electrons. The first-order chi connectivity index (χ1) is 9.74. The molecule has 2 aromatic rings. The molecular formula is C14H17BrN4O. The molecule has 6 heteroatoms. The first kappa shape index (κ1) is 14.6. The van der Waals surface area contributed by atoms with Crippen LogP contribution in [0.1, 0.15) is 12.5 Å². The van der Waals surface area contributed by atoms with E-state index >= 15 is 0 Å². The topological polar surface area (TPSA) is 59.1 Å². The van der Waals surface area contributed by atoms with Gasteiger partial charge in [0.2, 0.25) is 0 Å². The number of hydrogen-bond donors (Lipinski definition) is 2. The number of rotatable bonds is 6. The minimum absolute atomic E-state index is 0.686. The van der Waals surface area contributed by atoms with Crippen molar-refractivity contribution in [1.82, 2.24) is 9.97 Å². The van der Waals surface area contributed by atoms with Crippen molar-refractivity contribution in [2.45, 2.75) is 13.5 Å². The van der Waals surface area contributed by atoms with E-state index in [-0.39, 0.29) is 0 Å². The molecule has 2 N–H and O–H groups in total. The summed E-state index contributed by atoms with van der Waals surface area (Å²) in [4.78, 5) is 8.42. The molecule has 0 spiro atoms. The number of hydrogen-bond acceptors (Lipinski definition) is 5. The lowest BCUT2D eigenvalue weighted by Crippen LogP contribution is -2.06. The van der Waals surface area contributed by atoms with Gasteiger partial charge in [0.15, 0.2) is 0 Å². The Morgan fingerprint density at radius 1 is 1.10 bits per heavy atom. The summed E-state index contributed by atoms with van der Waals surface area (Å²) in [7, 11) is 1.66. The highest BCUT2D eigenvalue weighted by Gasteiger charge is 2.07. The Morgan fingerprint density at radius 3 is 2.35 bits per heavy atom. The third kappa shape index (κ3) is 3.60. The minimum Gasteiger partial charge on any atom is -0.497 e. The van der Waals surface area contributed by atoms with Gasteiger partial charge in [-0.2, -0.15) is 0 Å². The predicted molar refractivity (Wildman–Crippen MR) is 84.2 cm³/mol. The van der Waals surface area contributed by atoms with Crippen LogP contribution >= 0.6 is 15.9 Å². The smallest absolute Gasteiger partial charge is 0.146 e. The van der Waals surface area contributed by atoms with Gasteiger partial charge in [0, 0.05) is 13.1 Å². The third-order valence-corrected chi connectivity index (χ3v) is 3.50. The summed E-state index contributed by atoms with van der Waals surface area (Å²) >= 11 is 3.51. The van der Waals surface area contributed by atoms with Gasteiger partial charge in [-0.05, 0) is 40.5 Å². The summed E-state index contributed by atoms with van der Waals surface area (Å²) in [6.45, 7) is 3.53. The summed E-state index contributed by atoms with van der Waals surface area (Å²) in [5.74, 6) is 2.41. The van der Waals surface area contributed by atoms with Crippen molar-refractivity contribution < 1.29 is 4.74 Å². The molecule has 5 nitrogen and oxygen atoms in total. The quantitative estimate of drug-likeness (QED) is 0.847. The first-order valence-corrected chi connectivity index (χ1v) is 7.15. The Balaban J connectivity index is 2.04. The summed E-state index contributed by atoms with van der Waals surface area (Å²) in [5, 5.41) is 6.46. The fraction of sp³-hybridized carbons (Fsp3) is 0.286. The van der Waals surface area contributed by atoms with Crippen LogP contribution in [0.4, 0.5) is 11.6 Å². The largest absolute Gasteiger partial charge is 0.497 e. The van der Waals surface area contributed by atoms with E-state index < -0.39 is 0 Å². The molecule has 0 atom stereocenters. The van der Waals surface area contributed by atoms with Crippen LogP contribution in [-0.2, 0) is 6.54 Å². The van der Waals surface area contributed by atoms with Crippen LogP contribution < -0.4 is 15.4 Å². The number of nitrogens with one attached hydrogen (secondary N) is 2. The Hall–Kier alpha value is -1.82. The Kier molecular flexibility index (Phi) is 5.17. The van der Waals surface area contributed by atoms with E-state index in [1.54, 1.807) is 13.4 Å². The van der Waals surface area contributed by atoms with Crippen molar-refractivity contribution in [3.8, 4) is 5.75 Å². The molecule has 0 aliphatic heterocycles. The van der Waals surface area contributed by atoms with Gasteiger partial charge >= 0.3 is 0 Å². The Labute approximate surface area is 126 Å². The number of benzene rings is 1. The molecule has 2 rings (SSSR count). The van der Waals surface area contributed by atoms with Gasteiger partial charge in [0.1, 0.15) is 28.2 Å². The zero-order valence-corrected chi connectivity index (χ0v) is 13.1. The van der Waals surface area contributed by atoms with Gasteiger partial charge in [0.05, 0.1) is 7.11 Å². The maximum Gasteiger partial charge on any atom is 0.146 e. The van der Waals surface area contributed by atoms with E-state index in [0.29, 0.717) is 6.54 Å². The van der Waals surface area contributed by atoms with Crippen LogP contribution in [0.3, 0.4) is 0 Å². The van der Waals surface area contributed by atoms with Gasteiger partial charge in [-0.1, -0.05) is 12.1 Å². The zero-order chi connectivity index (χ0) is 14.4. The molecule has 0 bridgehead atoms. The number of aromatic nitrogens is 2. The molecular weight excluding hydrogens is 320 g/mol. The van der Waals surface area contributed by atoms with E-state index in [1.807, 2.05) is 31.2 Å². The average molecular weight is 337 g/mol. The van der Waals surface area contributed by atoms with E-state index in [9.17, 15) is 0 Å². The maximum absolute atomic E-state index is 5.14. The fourth-order valence-electron chi connectivity index (χ4n) is 1.71. The lowest BCUT2D eigenvalue weighted by molar-refractivity contribution is 0.414. The summed E-state index contributed by atoms with van der Waals surface area (Å²) < 4.78 is 5.98. The van der Waals surface area contributed by atoms with Crippen molar-refractivity contribution in [1.29, 1.82) is 0 Å². The van der Waals surface area contributed by atoms with Crippen molar-refractivity contribution >= 4 is 27.6 Å².